The molecule has 4 heteroatoms. The fraction of sp³-hybridized carbons (Fsp3) is 0.786. The van der Waals surface area contributed by atoms with Crippen LogP contribution >= 0.6 is 0 Å². The van der Waals surface area contributed by atoms with Gasteiger partial charge < -0.3 is 10.2 Å². The highest BCUT2D eigenvalue weighted by Crippen LogP contribution is 2.14. The Bertz CT molecular complexity index is 347. The van der Waals surface area contributed by atoms with Crippen LogP contribution in [0.1, 0.15) is 31.9 Å². The van der Waals surface area contributed by atoms with Gasteiger partial charge in [0.2, 0.25) is 0 Å². The Balaban J connectivity index is 1.72. The number of hydrogen-bond donors (Lipinski definition) is 1. The second kappa shape index (κ2) is 6.90. The van der Waals surface area contributed by atoms with E-state index in [0.29, 0.717) is 0 Å². The van der Waals surface area contributed by atoms with Gasteiger partial charge in [-0.1, -0.05) is 6.92 Å². The zero-order chi connectivity index (χ0) is 12.8. The molecule has 1 aliphatic heterocycles. The molecule has 2 rings (SSSR count). The molecule has 1 aliphatic rings. The molecule has 102 valence electrons. The van der Waals surface area contributed by atoms with E-state index in [4.69, 9.17) is 0 Å². The third-order valence-electron chi connectivity index (χ3n) is 3.70. The molecule has 1 fully saturated rings. The van der Waals surface area contributed by atoms with Crippen molar-refractivity contribution >= 4 is 0 Å². The van der Waals surface area contributed by atoms with E-state index < -0.39 is 0 Å². The van der Waals surface area contributed by atoms with Gasteiger partial charge in [-0.15, -0.1) is 0 Å². The summed E-state index contributed by atoms with van der Waals surface area (Å²) >= 11 is 0. The van der Waals surface area contributed by atoms with Crippen molar-refractivity contribution in [1.82, 2.24) is 20.0 Å². The second-order valence-electron chi connectivity index (χ2n) is 5.45. The molecule has 4 nitrogen and oxygen atoms in total. The first-order chi connectivity index (χ1) is 8.79. The number of piperidine rings is 1. The summed E-state index contributed by atoms with van der Waals surface area (Å²) in [6, 6.07) is 2.12. The van der Waals surface area contributed by atoms with Gasteiger partial charge in [0.1, 0.15) is 0 Å². The summed E-state index contributed by atoms with van der Waals surface area (Å²) in [5.41, 5.74) is 1.31. The molecule has 1 saturated heterocycles. The van der Waals surface area contributed by atoms with Crippen molar-refractivity contribution in [1.29, 1.82) is 0 Å². The van der Waals surface area contributed by atoms with Gasteiger partial charge in [0.15, 0.2) is 0 Å². The average molecular weight is 250 g/mol. The van der Waals surface area contributed by atoms with E-state index in [1.165, 1.54) is 31.6 Å². The maximum Gasteiger partial charge on any atom is 0.0522 e. The number of aromatic nitrogens is 2. The van der Waals surface area contributed by atoms with Gasteiger partial charge in [-0.2, -0.15) is 5.10 Å². The van der Waals surface area contributed by atoms with Gasteiger partial charge in [0.25, 0.3) is 0 Å². The van der Waals surface area contributed by atoms with E-state index in [-0.39, 0.29) is 0 Å². The summed E-state index contributed by atoms with van der Waals surface area (Å²) < 4.78 is 2.11. The Hall–Kier alpha value is -0.870. The maximum absolute atomic E-state index is 4.35. The van der Waals surface area contributed by atoms with Crippen LogP contribution in [0.3, 0.4) is 0 Å². The molecule has 1 atom stereocenters. The minimum atomic E-state index is 0.811. The van der Waals surface area contributed by atoms with Crippen LogP contribution < -0.4 is 5.32 Å². The fourth-order valence-electron chi connectivity index (χ4n) is 2.77. The molecule has 0 saturated carbocycles. The molecule has 1 N–H and O–H groups in total. The average Bonchev–Trinajstić information content (AvgIpc) is 2.78. The van der Waals surface area contributed by atoms with E-state index >= 15 is 0 Å². The highest BCUT2D eigenvalue weighted by atomic mass is 15.3. The summed E-state index contributed by atoms with van der Waals surface area (Å²) in [7, 11) is 2.22. The number of rotatable bonds is 6. The predicted molar refractivity (Wildman–Crippen MR) is 74.4 cm³/mol. The van der Waals surface area contributed by atoms with Crippen molar-refractivity contribution in [2.75, 3.05) is 26.7 Å². The molecule has 1 unspecified atom stereocenters. The molecule has 0 amide bonds. The Morgan fingerprint density at radius 2 is 2.39 bits per heavy atom. The zero-order valence-electron chi connectivity index (χ0n) is 11.7. The Kier molecular flexibility index (Phi) is 5.20. The first-order valence-electron chi connectivity index (χ1n) is 7.19. The highest BCUT2D eigenvalue weighted by Gasteiger charge is 2.16. The summed E-state index contributed by atoms with van der Waals surface area (Å²) in [4.78, 5) is 2.44. The number of aryl methyl sites for hydroxylation is 1. The van der Waals surface area contributed by atoms with Gasteiger partial charge in [-0.3, -0.25) is 4.68 Å². The summed E-state index contributed by atoms with van der Waals surface area (Å²) in [5.74, 6) is 0.811. The monoisotopic (exact) mass is 250 g/mol. The van der Waals surface area contributed by atoms with E-state index in [2.05, 4.69) is 40.0 Å². The quantitative estimate of drug-likeness (QED) is 0.834. The highest BCUT2D eigenvalue weighted by molar-refractivity contribution is 5.00. The van der Waals surface area contributed by atoms with Crippen LogP contribution in [0.2, 0.25) is 0 Å². The second-order valence-corrected chi connectivity index (χ2v) is 5.45. The molecule has 0 aliphatic carbocycles. The normalized spacial score (nSPS) is 21.3. The van der Waals surface area contributed by atoms with Crippen LogP contribution in [0.15, 0.2) is 12.3 Å². The minimum Gasteiger partial charge on any atom is -0.311 e. The molecule has 0 radical (unpaired) electrons. The smallest absolute Gasteiger partial charge is 0.0522 e. The Morgan fingerprint density at radius 1 is 1.50 bits per heavy atom. The van der Waals surface area contributed by atoms with Crippen LogP contribution in [0.25, 0.3) is 0 Å². The lowest BCUT2D eigenvalue weighted by Crippen LogP contribution is -2.37. The summed E-state index contributed by atoms with van der Waals surface area (Å²) in [6.07, 6.45) is 5.76. The third-order valence-corrected chi connectivity index (χ3v) is 3.70. The predicted octanol–water partition coefficient (Wildman–Crippen LogP) is 1.72. The minimum absolute atomic E-state index is 0.811. The molecule has 0 bridgehead atoms. The Labute approximate surface area is 110 Å². The molecular formula is C14H26N4. The van der Waals surface area contributed by atoms with E-state index in [9.17, 15) is 0 Å². The molecule has 2 heterocycles. The lowest BCUT2D eigenvalue weighted by molar-refractivity contribution is 0.206. The van der Waals surface area contributed by atoms with Crippen LogP contribution in [0, 0.1) is 5.92 Å². The number of nitrogens with one attached hydrogen (secondary N) is 1. The molecule has 18 heavy (non-hydrogen) atoms. The van der Waals surface area contributed by atoms with Gasteiger partial charge in [-0.05, 0) is 51.4 Å². The van der Waals surface area contributed by atoms with Crippen molar-refractivity contribution in [3.63, 3.8) is 0 Å². The van der Waals surface area contributed by atoms with E-state index in [0.717, 1.165) is 32.0 Å². The lowest BCUT2D eigenvalue weighted by Gasteiger charge is -2.29. The van der Waals surface area contributed by atoms with Crippen LogP contribution in [0.4, 0.5) is 0 Å². The van der Waals surface area contributed by atoms with Crippen molar-refractivity contribution in [3.05, 3.63) is 18.0 Å². The van der Waals surface area contributed by atoms with Gasteiger partial charge in [0, 0.05) is 25.8 Å². The summed E-state index contributed by atoms with van der Waals surface area (Å²) in [5, 5.41) is 7.94. The molecule has 0 spiro atoms. The number of nitrogens with zero attached hydrogens (tertiary/aromatic N) is 3. The summed E-state index contributed by atoms with van der Waals surface area (Å²) in [6.45, 7) is 7.79. The zero-order valence-corrected chi connectivity index (χ0v) is 11.7. The van der Waals surface area contributed by atoms with E-state index in [1.54, 1.807) is 0 Å². The fourth-order valence-corrected chi connectivity index (χ4v) is 2.77. The van der Waals surface area contributed by atoms with Crippen LogP contribution in [-0.2, 0) is 13.1 Å². The van der Waals surface area contributed by atoms with Crippen molar-refractivity contribution < 1.29 is 0 Å². The molecule has 1 aromatic rings. The maximum atomic E-state index is 4.35. The van der Waals surface area contributed by atoms with Crippen molar-refractivity contribution in [3.8, 4) is 0 Å². The topological polar surface area (TPSA) is 33.1 Å². The number of likely N-dealkylation sites (tertiary alicyclic amines) is 1. The first-order valence-corrected chi connectivity index (χ1v) is 7.19. The SMILES string of the molecule is CCCn1nccc1CNCC1CCCN(C)C1. The van der Waals surface area contributed by atoms with Gasteiger partial charge >= 0.3 is 0 Å². The lowest BCUT2D eigenvalue weighted by atomic mass is 9.98. The molecule has 0 aromatic carbocycles. The molecular weight excluding hydrogens is 224 g/mol. The van der Waals surface area contributed by atoms with Crippen LogP contribution in [-0.4, -0.2) is 41.4 Å². The first kappa shape index (κ1) is 13.6. The number of hydrogen-bond acceptors (Lipinski definition) is 3. The van der Waals surface area contributed by atoms with Crippen molar-refractivity contribution in [2.24, 2.45) is 5.92 Å². The third kappa shape index (κ3) is 3.82. The van der Waals surface area contributed by atoms with Crippen molar-refractivity contribution in [2.45, 2.75) is 39.3 Å². The van der Waals surface area contributed by atoms with Crippen LogP contribution in [0.5, 0.6) is 0 Å². The largest absolute Gasteiger partial charge is 0.311 e. The van der Waals surface area contributed by atoms with E-state index in [1.807, 2.05) is 6.20 Å². The Morgan fingerprint density at radius 3 is 3.17 bits per heavy atom. The van der Waals surface area contributed by atoms with Gasteiger partial charge in [0.05, 0.1) is 5.69 Å². The van der Waals surface area contributed by atoms with Gasteiger partial charge in [-0.25, -0.2) is 0 Å². The standard InChI is InChI=1S/C14H26N4/c1-3-8-18-14(6-7-16-18)11-15-10-13-5-4-9-17(2)12-13/h6-7,13,15H,3-5,8-12H2,1-2H3. The molecule has 1 aromatic heterocycles.